The Kier molecular flexibility index (Phi) is 3.23. The SMILES string of the molecule is CN1CCC[C@H]1C[C@@H]1CCCCN1. The number of nitrogens with zero attached hydrogens (tertiary/aromatic N) is 1. The largest absolute Gasteiger partial charge is 0.314 e. The van der Waals surface area contributed by atoms with E-state index in [0.717, 1.165) is 12.1 Å². The molecule has 0 spiro atoms. The Morgan fingerprint density at radius 1 is 1.23 bits per heavy atom. The third-order valence-electron chi connectivity index (χ3n) is 3.64. The van der Waals surface area contributed by atoms with Crippen LogP contribution < -0.4 is 5.32 Å². The average molecular weight is 182 g/mol. The highest BCUT2D eigenvalue weighted by Gasteiger charge is 2.24. The Labute approximate surface area is 81.7 Å². The Morgan fingerprint density at radius 3 is 2.77 bits per heavy atom. The molecule has 13 heavy (non-hydrogen) atoms. The molecule has 2 heterocycles. The van der Waals surface area contributed by atoms with Crippen LogP contribution in [-0.4, -0.2) is 37.1 Å². The maximum absolute atomic E-state index is 3.64. The van der Waals surface area contributed by atoms with Crippen LogP contribution in [0.5, 0.6) is 0 Å². The molecule has 0 aromatic rings. The second kappa shape index (κ2) is 4.43. The summed E-state index contributed by atoms with van der Waals surface area (Å²) in [6.45, 7) is 2.57. The molecule has 0 unspecified atom stereocenters. The van der Waals surface area contributed by atoms with Gasteiger partial charge in [-0.15, -0.1) is 0 Å². The smallest absolute Gasteiger partial charge is 0.0107 e. The van der Waals surface area contributed by atoms with Gasteiger partial charge in [0.25, 0.3) is 0 Å². The zero-order chi connectivity index (χ0) is 9.10. The number of hydrogen-bond donors (Lipinski definition) is 1. The minimum Gasteiger partial charge on any atom is -0.314 e. The minimum absolute atomic E-state index is 0.819. The first-order chi connectivity index (χ1) is 6.36. The van der Waals surface area contributed by atoms with Crippen LogP contribution in [0, 0.1) is 0 Å². The van der Waals surface area contributed by atoms with E-state index < -0.39 is 0 Å². The lowest BCUT2D eigenvalue weighted by Crippen LogP contribution is -2.39. The normalized spacial score (nSPS) is 36.7. The topological polar surface area (TPSA) is 15.3 Å². The van der Waals surface area contributed by atoms with Crippen LogP contribution in [0.1, 0.15) is 38.5 Å². The third kappa shape index (κ3) is 2.44. The first-order valence-corrected chi connectivity index (χ1v) is 5.80. The fourth-order valence-electron chi connectivity index (χ4n) is 2.73. The Balaban J connectivity index is 1.75. The molecule has 2 saturated heterocycles. The van der Waals surface area contributed by atoms with Crippen molar-refractivity contribution in [2.45, 2.75) is 50.6 Å². The van der Waals surface area contributed by atoms with Crippen LogP contribution in [0.3, 0.4) is 0 Å². The summed E-state index contributed by atoms with van der Waals surface area (Å²) in [6.07, 6.45) is 8.45. The van der Waals surface area contributed by atoms with Gasteiger partial charge in [-0.2, -0.15) is 0 Å². The fraction of sp³-hybridized carbons (Fsp3) is 1.00. The Morgan fingerprint density at radius 2 is 2.15 bits per heavy atom. The summed E-state index contributed by atoms with van der Waals surface area (Å²) in [4.78, 5) is 2.54. The second-order valence-electron chi connectivity index (χ2n) is 4.66. The number of rotatable bonds is 2. The number of hydrogen-bond acceptors (Lipinski definition) is 2. The van der Waals surface area contributed by atoms with Gasteiger partial charge < -0.3 is 10.2 Å². The van der Waals surface area contributed by atoms with E-state index in [2.05, 4.69) is 17.3 Å². The maximum atomic E-state index is 3.64. The third-order valence-corrected chi connectivity index (χ3v) is 3.64. The number of piperidine rings is 1. The summed E-state index contributed by atoms with van der Waals surface area (Å²) in [6, 6.07) is 1.69. The van der Waals surface area contributed by atoms with Crippen LogP contribution in [-0.2, 0) is 0 Å². The number of likely N-dealkylation sites (tertiary alicyclic amines) is 1. The molecule has 2 heteroatoms. The lowest BCUT2D eigenvalue weighted by Gasteiger charge is -2.28. The molecule has 0 radical (unpaired) electrons. The molecule has 2 aliphatic rings. The first-order valence-electron chi connectivity index (χ1n) is 5.80. The van der Waals surface area contributed by atoms with Crippen molar-refractivity contribution in [1.82, 2.24) is 10.2 Å². The van der Waals surface area contributed by atoms with Crippen LogP contribution in [0.15, 0.2) is 0 Å². The van der Waals surface area contributed by atoms with Crippen LogP contribution in [0.25, 0.3) is 0 Å². The monoisotopic (exact) mass is 182 g/mol. The highest BCUT2D eigenvalue weighted by Crippen LogP contribution is 2.22. The van der Waals surface area contributed by atoms with E-state index in [1.807, 2.05) is 0 Å². The average Bonchev–Trinajstić information content (AvgIpc) is 2.54. The van der Waals surface area contributed by atoms with Crippen molar-refractivity contribution in [3.05, 3.63) is 0 Å². The van der Waals surface area contributed by atoms with E-state index >= 15 is 0 Å². The van der Waals surface area contributed by atoms with Gasteiger partial charge in [0.1, 0.15) is 0 Å². The predicted molar refractivity (Wildman–Crippen MR) is 55.9 cm³/mol. The molecule has 2 rings (SSSR count). The van der Waals surface area contributed by atoms with Crippen molar-refractivity contribution < 1.29 is 0 Å². The van der Waals surface area contributed by atoms with E-state index in [1.165, 1.54) is 51.6 Å². The summed E-state index contributed by atoms with van der Waals surface area (Å²) >= 11 is 0. The van der Waals surface area contributed by atoms with Crippen molar-refractivity contribution in [2.24, 2.45) is 0 Å². The molecule has 0 saturated carbocycles. The second-order valence-corrected chi connectivity index (χ2v) is 4.66. The van der Waals surface area contributed by atoms with E-state index in [1.54, 1.807) is 0 Å². The van der Waals surface area contributed by atoms with Crippen molar-refractivity contribution in [2.75, 3.05) is 20.1 Å². The van der Waals surface area contributed by atoms with Crippen molar-refractivity contribution >= 4 is 0 Å². The molecule has 2 atom stereocenters. The lowest BCUT2D eigenvalue weighted by atomic mass is 9.97. The van der Waals surface area contributed by atoms with Crippen LogP contribution in [0.4, 0.5) is 0 Å². The predicted octanol–water partition coefficient (Wildman–Crippen LogP) is 1.61. The Hall–Kier alpha value is -0.0800. The zero-order valence-corrected chi connectivity index (χ0v) is 8.76. The maximum Gasteiger partial charge on any atom is 0.0107 e. The Bertz CT molecular complexity index is 152. The molecule has 0 amide bonds. The molecule has 0 aliphatic carbocycles. The number of nitrogens with one attached hydrogen (secondary N) is 1. The first kappa shape index (κ1) is 9.47. The lowest BCUT2D eigenvalue weighted by molar-refractivity contribution is 0.252. The molecule has 76 valence electrons. The van der Waals surface area contributed by atoms with Gasteiger partial charge in [0, 0.05) is 12.1 Å². The van der Waals surface area contributed by atoms with E-state index in [-0.39, 0.29) is 0 Å². The molecule has 0 aromatic heterocycles. The van der Waals surface area contributed by atoms with Crippen molar-refractivity contribution in [3.63, 3.8) is 0 Å². The van der Waals surface area contributed by atoms with Gasteiger partial charge in [-0.05, 0) is 52.2 Å². The molecule has 2 fully saturated rings. The van der Waals surface area contributed by atoms with Crippen molar-refractivity contribution in [3.8, 4) is 0 Å². The van der Waals surface area contributed by atoms with Gasteiger partial charge in [-0.25, -0.2) is 0 Å². The van der Waals surface area contributed by atoms with E-state index in [0.29, 0.717) is 0 Å². The summed E-state index contributed by atoms with van der Waals surface area (Å²) < 4.78 is 0. The van der Waals surface area contributed by atoms with Crippen LogP contribution >= 0.6 is 0 Å². The van der Waals surface area contributed by atoms with Gasteiger partial charge >= 0.3 is 0 Å². The summed E-state index contributed by atoms with van der Waals surface area (Å²) in [5.74, 6) is 0. The molecule has 2 nitrogen and oxygen atoms in total. The highest BCUT2D eigenvalue weighted by atomic mass is 15.1. The van der Waals surface area contributed by atoms with Gasteiger partial charge in [0.2, 0.25) is 0 Å². The van der Waals surface area contributed by atoms with E-state index in [9.17, 15) is 0 Å². The highest BCUT2D eigenvalue weighted by molar-refractivity contribution is 4.83. The van der Waals surface area contributed by atoms with E-state index in [4.69, 9.17) is 0 Å². The van der Waals surface area contributed by atoms with Crippen molar-refractivity contribution in [1.29, 1.82) is 0 Å². The summed E-state index contributed by atoms with van der Waals surface area (Å²) in [7, 11) is 2.28. The molecule has 1 N–H and O–H groups in total. The molecular weight excluding hydrogens is 160 g/mol. The zero-order valence-electron chi connectivity index (χ0n) is 8.76. The molecular formula is C11H22N2. The van der Waals surface area contributed by atoms with Gasteiger partial charge in [-0.3, -0.25) is 0 Å². The van der Waals surface area contributed by atoms with Crippen LogP contribution in [0.2, 0.25) is 0 Å². The fourth-order valence-corrected chi connectivity index (χ4v) is 2.73. The molecule has 2 aliphatic heterocycles. The van der Waals surface area contributed by atoms with Gasteiger partial charge in [0.15, 0.2) is 0 Å². The quantitative estimate of drug-likeness (QED) is 0.698. The summed E-state index contributed by atoms with van der Waals surface area (Å²) in [5, 5.41) is 3.64. The minimum atomic E-state index is 0.819. The van der Waals surface area contributed by atoms with Gasteiger partial charge in [-0.1, -0.05) is 6.42 Å². The standard InChI is InChI=1S/C11H22N2/c1-13-8-4-6-11(13)9-10-5-2-3-7-12-10/h10-12H,2-9H2,1H3/t10-,11-/m0/s1. The summed E-state index contributed by atoms with van der Waals surface area (Å²) in [5.41, 5.74) is 0. The van der Waals surface area contributed by atoms with Gasteiger partial charge in [0.05, 0.1) is 0 Å². The molecule has 0 bridgehead atoms. The molecule has 0 aromatic carbocycles.